The lowest BCUT2D eigenvalue weighted by Gasteiger charge is -2.22. The van der Waals surface area contributed by atoms with Gasteiger partial charge < -0.3 is 28.8 Å². The Labute approximate surface area is 189 Å². The van der Waals surface area contributed by atoms with E-state index >= 15 is 0 Å². The fourth-order valence-electron chi connectivity index (χ4n) is 3.01. The number of methoxy groups -OCH3 is 1. The first-order valence-electron chi connectivity index (χ1n) is 10.9. The topological polar surface area (TPSA) is 103 Å². The SMILES string of the molecule is CCOCCCNC(=O)c1coc(CN(CCCOCC)C(=O)c2ccccc2OC)n1. The molecule has 2 amide bonds. The van der Waals surface area contributed by atoms with Crippen molar-refractivity contribution < 1.29 is 28.2 Å². The zero-order chi connectivity index (χ0) is 23.2. The molecule has 32 heavy (non-hydrogen) atoms. The zero-order valence-corrected chi connectivity index (χ0v) is 19.1. The molecule has 0 spiro atoms. The average Bonchev–Trinajstić information content (AvgIpc) is 3.29. The second-order valence-corrected chi connectivity index (χ2v) is 6.91. The molecule has 0 aliphatic rings. The summed E-state index contributed by atoms with van der Waals surface area (Å²) in [5, 5.41) is 2.78. The van der Waals surface area contributed by atoms with Gasteiger partial charge in [-0.05, 0) is 38.8 Å². The molecule has 0 fully saturated rings. The van der Waals surface area contributed by atoms with Crippen molar-refractivity contribution in [3.05, 3.63) is 47.7 Å². The van der Waals surface area contributed by atoms with Crippen molar-refractivity contribution in [3.8, 4) is 5.75 Å². The molecule has 0 bridgehead atoms. The van der Waals surface area contributed by atoms with Crippen molar-refractivity contribution in [2.45, 2.75) is 33.2 Å². The highest BCUT2D eigenvalue weighted by Crippen LogP contribution is 2.20. The van der Waals surface area contributed by atoms with Gasteiger partial charge in [-0.25, -0.2) is 4.98 Å². The summed E-state index contributed by atoms with van der Waals surface area (Å²) in [5.41, 5.74) is 0.626. The third-order valence-corrected chi connectivity index (χ3v) is 4.61. The van der Waals surface area contributed by atoms with Gasteiger partial charge in [0.25, 0.3) is 11.8 Å². The normalized spacial score (nSPS) is 10.7. The minimum Gasteiger partial charge on any atom is -0.496 e. The van der Waals surface area contributed by atoms with Crippen LogP contribution < -0.4 is 10.1 Å². The van der Waals surface area contributed by atoms with Gasteiger partial charge in [-0.3, -0.25) is 9.59 Å². The van der Waals surface area contributed by atoms with E-state index in [1.807, 2.05) is 19.9 Å². The van der Waals surface area contributed by atoms with E-state index in [-0.39, 0.29) is 29.9 Å². The highest BCUT2D eigenvalue weighted by molar-refractivity contribution is 5.97. The summed E-state index contributed by atoms with van der Waals surface area (Å²) in [6, 6.07) is 7.05. The average molecular weight is 448 g/mol. The van der Waals surface area contributed by atoms with Gasteiger partial charge in [-0.1, -0.05) is 12.1 Å². The number of para-hydroxylation sites is 1. The number of rotatable bonds is 15. The van der Waals surface area contributed by atoms with E-state index in [4.69, 9.17) is 18.6 Å². The van der Waals surface area contributed by atoms with Gasteiger partial charge in [0.2, 0.25) is 5.89 Å². The maximum atomic E-state index is 13.2. The lowest BCUT2D eigenvalue weighted by Crippen LogP contribution is -2.32. The minimum atomic E-state index is -0.324. The molecule has 2 rings (SSSR count). The standard InChI is InChI=1S/C23H33N3O6/c1-4-30-14-8-12-24-22(27)19-17-32-21(25-19)16-26(13-9-15-31-5-2)23(28)18-10-6-7-11-20(18)29-3/h6-7,10-11,17H,4-5,8-9,12-16H2,1-3H3,(H,24,27). The van der Waals surface area contributed by atoms with Gasteiger partial charge in [0.15, 0.2) is 5.69 Å². The molecule has 0 saturated carbocycles. The fraction of sp³-hybridized carbons (Fsp3) is 0.522. The second-order valence-electron chi connectivity index (χ2n) is 6.91. The van der Waals surface area contributed by atoms with E-state index in [2.05, 4.69) is 10.3 Å². The Bertz CT molecular complexity index is 839. The van der Waals surface area contributed by atoms with Crippen LogP contribution >= 0.6 is 0 Å². The molecule has 1 aromatic carbocycles. The van der Waals surface area contributed by atoms with Crippen LogP contribution in [0.3, 0.4) is 0 Å². The molecule has 0 unspecified atom stereocenters. The lowest BCUT2D eigenvalue weighted by atomic mass is 10.1. The number of oxazole rings is 1. The number of amides is 2. The van der Waals surface area contributed by atoms with Gasteiger partial charge in [-0.2, -0.15) is 0 Å². The van der Waals surface area contributed by atoms with Gasteiger partial charge in [0.1, 0.15) is 12.0 Å². The molecule has 0 aliphatic carbocycles. The maximum absolute atomic E-state index is 13.2. The van der Waals surface area contributed by atoms with Crippen LogP contribution in [0, 0.1) is 0 Å². The van der Waals surface area contributed by atoms with Crippen molar-refractivity contribution in [1.82, 2.24) is 15.2 Å². The Kier molecular flexibility index (Phi) is 11.3. The van der Waals surface area contributed by atoms with Crippen LogP contribution in [-0.2, 0) is 16.0 Å². The Morgan fingerprint density at radius 1 is 1.09 bits per heavy atom. The number of carbonyl (C=O) groups is 2. The first kappa shape index (κ1) is 25.4. The number of benzene rings is 1. The highest BCUT2D eigenvalue weighted by Gasteiger charge is 2.22. The number of hydrogen-bond donors (Lipinski definition) is 1. The minimum absolute atomic E-state index is 0.126. The summed E-state index contributed by atoms with van der Waals surface area (Å²) in [7, 11) is 1.53. The third-order valence-electron chi connectivity index (χ3n) is 4.61. The molecule has 0 saturated heterocycles. The number of nitrogens with zero attached hydrogens (tertiary/aromatic N) is 2. The number of aromatic nitrogens is 1. The highest BCUT2D eigenvalue weighted by atomic mass is 16.5. The van der Waals surface area contributed by atoms with Crippen molar-refractivity contribution in [2.24, 2.45) is 0 Å². The molecule has 1 aromatic heterocycles. The van der Waals surface area contributed by atoms with Crippen LogP contribution in [0.5, 0.6) is 5.75 Å². The lowest BCUT2D eigenvalue weighted by molar-refractivity contribution is 0.0692. The van der Waals surface area contributed by atoms with Gasteiger partial charge >= 0.3 is 0 Å². The molecule has 0 radical (unpaired) electrons. The Hall–Kier alpha value is -2.91. The van der Waals surface area contributed by atoms with Crippen LogP contribution in [0.25, 0.3) is 0 Å². The molecular weight excluding hydrogens is 414 g/mol. The molecular formula is C23H33N3O6. The smallest absolute Gasteiger partial charge is 0.273 e. The van der Waals surface area contributed by atoms with Crippen molar-refractivity contribution in [2.75, 3.05) is 46.6 Å². The first-order chi connectivity index (χ1) is 15.6. The molecule has 9 nitrogen and oxygen atoms in total. The summed E-state index contributed by atoms with van der Waals surface area (Å²) in [6.45, 7) is 7.28. The fourth-order valence-corrected chi connectivity index (χ4v) is 3.01. The molecule has 1 heterocycles. The predicted molar refractivity (Wildman–Crippen MR) is 119 cm³/mol. The number of nitrogens with one attached hydrogen (secondary N) is 1. The summed E-state index contributed by atoms with van der Waals surface area (Å²) in [5.74, 6) is 0.241. The van der Waals surface area contributed by atoms with Crippen LogP contribution in [-0.4, -0.2) is 68.3 Å². The molecule has 0 aliphatic heterocycles. The summed E-state index contributed by atoms with van der Waals surface area (Å²) >= 11 is 0. The number of hydrogen-bond acceptors (Lipinski definition) is 7. The van der Waals surface area contributed by atoms with Crippen molar-refractivity contribution in [3.63, 3.8) is 0 Å². The van der Waals surface area contributed by atoms with E-state index in [1.165, 1.54) is 13.4 Å². The predicted octanol–water partition coefficient (Wildman–Crippen LogP) is 2.91. The zero-order valence-electron chi connectivity index (χ0n) is 19.1. The molecule has 9 heteroatoms. The number of carbonyl (C=O) groups excluding carboxylic acids is 2. The van der Waals surface area contributed by atoms with E-state index in [1.54, 1.807) is 23.1 Å². The largest absolute Gasteiger partial charge is 0.496 e. The van der Waals surface area contributed by atoms with Gasteiger partial charge in [0, 0.05) is 39.5 Å². The third kappa shape index (κ3) is 7.97. The Morgan fingerprint density at radius 2 is 1.81 bits per heavy atom. The van der Waals surface area contributed by atoms with Crippen molar-refractivity contribution >= 4 is 11.8 Å². The molecule has 0 atom stereocenters. The Balaban J connectivity index is 2.04. The van der Waals surface area contributed by atoms with Crippen LogP contribution in [0.4, 0.5) is 0 Å². The van der Waals surface area contributed by atoms with E-state index in [0.29, 0.717) is 63.7 Å². The maximum Gasteiger partial charge on any atom is 0.273 e. The summed E-state index contributed by atoms with van der Waals surface area (Å²) in [6.07, 6.45) is 2.67. The van der Waals surface area contributed by atoms with Gasteiger partial charge in [-0.15, -0.1) is 0 Å². The molecule has 1 N–H and O–H groups in total. The van der Waals surface area contributed by atoms with Gasteiger partial charge in [0.05, 0.1) is 19.2 Å². The van der Waals surface area contributed by atoms with E-state index in [9.17, 15) is 9.59 Å². The molecule has 176 valence electrons. The first-order valence-corrected chi connectivity index (χ1v) is 10.9. The van der Waals surface area contributed by atoms with Crippen LogP contribution in [0.1, 0.15) is 53.4 Å². The second kappa shape index (κ2) is 14.2. The van der Waals surface area contributed by atoms with Crippen molar-refractivity contribution in [1.29, 1.82) is 0 Å². The van der Waals surface area contributed by atoms with E-state index < -0.39 is 0 Å². The quantitative estimate of drug-likeness (QED) is 0.419. The Morgan fingerprint density at radius 3 is 2.53 bits per heavy atom. The summed E-state index contributed by atoms with van der Waals surface area (Å²) < 4.78 is 21.5. The molecule has 2 aromatic rings. The van der Waals surface area contributed by atoms with Crippen LogP contribution in [0.15, 0.2) is 34.9 Å². The van der Waals surface area contributed by atoms with E-state index in [0.717, 1.165) is 0 Å². The summed E-state index contributed by atoms with van der Waals surface area (Å²) in [4.78, 5) is 31.4. The number of ether oxygens (including phenoxy) is 3. The monoisotopic (exact) mass is 447 g/mol. The van der Waals surface area contributed by atoms with Crippen LogP contribution in [0.2, 0.25) is 0 Å².